The fourth-order valence-corrected chi connectivity index (χ4v) is 2.37. The molecule has 7 heteroatoms. The number of nitrogens with one attached hydrogen (secondary N) is 1. The molecule has 0 bridgehead atoms. The minimum absolute atomic E-state index is 0.124. The molecule has 0 saturated carbocycles. The average molecular weight is 340 g/mol. The number of hydrogen-bond donors (Lipinski definition) is 3. The molecule has 0 aliphatic carbocycles. The van der Waals surface area contributed by atoms with Crippen molar-refractivity contribution in [3.63, 3.8) is 0 Å². The molecule has 122 valence electrons. The van der Waals surface area contributed by atoms with Crippen molar-refractivity contribution in [3.05, 3.63) is 40.0 Å². The summed E-state index contributed by atoms with van der Waals surface area (Å²) in [6.45, 7) is 3.44. The number of benzene rings is 1. The Labute approximate surface area is 144 Å². The Bertz CT molecular complexity index is 897. The van der Waals surface area contributed by atoms with Crippen molar-refractivity contribution in [2.24, 2.45) is 0 Å². The summed E-state index contributed by atoms with van der Waals surface area (Å²) in [5.74, 6) is 0.686. The maximum atomic E-state index is 9.68. The van der Waals surface area contributed by atoms with E-state index in [0.717, 1.165) is 0 Å². The maximum Gasteiger partial charge on any atom is 0.123 e. The van der Waals surface area contributed by atoms with Crippen LogP contribution in [-0.4, -0.2) is 22.3 Å². The molecule has 0 atom stereocenters. The molecule has 1 heterocycles. The number of aliphatic hydroxyl groups is 1. The van der Waals surface area contributed by atoms with Crippen LogP contribution in [0.15, 0.2) is 24.3 Å². The first kappa shape index (κ1) is 17.5. The normalized spacial score (nSPS) is 10.7. The van der Waals surface area contributed by atoms with Crippen molar-refractivity contribution in [2.45, 2.75) is 19.4 Å². The van der Waals surface area contributed by atoms with Gasteiger partial charge in [-0.3, -0.25) is 0 Å². The first-order valence-electron chi connectivity index (χ1n) is 7.08. The van der Waals surface area contributed by atoms with Crippen molar-refractivity contribution in [2.75, 3.05) is 12.3 Å². The van der Waals surface area contributed by atoms with Crippen LogP contribution in [0.2, 0.25) is 0 Å². The maximum absolute atomic E-state index is 9.68. The molecule has 2 rings (SSSR count). The molecule has 0 fully saturated rings. The average Bonchev–Trinajstić information content (AvgIpc) is 2.52. The quantitative estimate of drug-likeness (QED) is 0.736. The van der Waals surface area contributed by atoms with Crippen LogP contribution in [0.1, 0.15) is 25.0 Å². The summed E-state index contributed by atoms with van der Waals surface area (Å²) in [5.41, 5.74) is 6.27. The molecule has 0 unspecified atom stereocenters. The highest BCUT2D eigenvalue weighted by atomic mass is 32.1. The number of nitrogen functional groups attached to an aromatic ring is 1. The third-order valence-corrected chi connectivity index (χ3v) is 3.51. The topological polar surface area (TPSA) is 119 Å². The van der Waals surface area contributed by atoms with Gasteiger partial charge in [-0.25, -0.2) is 0 Å². The van der Waals surface area contributed by atoms with Crippen LogP contribution in [0.25, 0.3) is 11.1 Å². The summed E-state index contributed by atoms with van der Waals surface area (Å²) in [6.07, 6.45) is 0. The third-order valence-electron chi connectivity index (χ3n) is 3.20. The summed E-state index contributed by atoms with van der Waals surface area (Å²) >= 11 is 5.12. The van der Waals surface area contributed by atoms with Crippen LogP contribution >= 0.6 is 12.2 Å². The highest BCUT2D eigenvalue weighted by molar-refractivity contribution is 7.71. The van der Waals surface area contributed by atoms with Gasteiger partial charge in [-0.2, -0.15) is 10.5 Å². The van der Waals surface area contributed by atoms with Crippen molar-refractivity contribution < 1.29 is 9.84 Å². The summed E-state index contributed by atoms with van der Waals surface area (Å²) in [7, 11) is 0. The molecule has 1 aromatic carbocycles. The van der Waals surface area contributed by atoms with Crippen molar-refractivity contribution in [3.8, 4) is 29.0 Å². The number of aromatic amines is 1. The Morgan fingerprint density at radius 1 is 1.21 bits per heavy atom. The molecule has 0 aliphatic heterocycles. The van der Waals surface area contributed by atoms with E-state index in [1.807, 2.05) is 12.1 Å². The van der Waals surface area contributed by atoms with Crippen molar-refractivity contribution in [1.29, 1.82) is 10.5 Å². The Kier molecular flexibility index (Phi) is 4.89. The lowest BCUT2D eigenvalue weighted by atomic mass is 9.97. The zero-order chi connectivity index (χ0) is 17.9. The number of nitrogens with two attached hydrogens (primary N) is 1. The van der Waals surface area contributed by atoms with Gasteiger partial charge in [0.15, 0.2) is 0 Å². The fourth-order valence-electron chi connectivity index (χ4n) is 2.11. The number of H-pyrrole nitrogens is 1. The minimum atomic E-state index is -0.943. The van der Waals surface area contributed by atoms with E-state index in [1.165, 1.54) is 0 Å². The lowest BCUT2D eigenvalue weighted by molar-refractivity contribution is 0.0285. The highest BCUT2D eigenvalue weighted by Gasteiger charge is 2.17. The van der Waals surface area contributed by atoms with Gasteiger partial charge in [0.25, 0.3) is 0 Å². The van der Waals surface area contributed by atoms with E-state index in [9.17, 15) is 15.6 Å². The van der Waals surface area contributed by atoms with E-state index < -0.39 is 5.60 Å². The Morgan fingerprint density at radius 3 is 2.29 bits per heavy atom. The summed E-state index contributed by atoms with van der Waals surface area (Å²) in [5, 5.41) is 28.4. The molecule has 0 radical (unpaired) electrons. The van der Waals surface area contributed by atoms with Gasteiger partial charge in [0.05, 0.1) is 11.2 Å². The zero-order valence-corrected chi connectivity index (χ0v) is 14.1. The Balaban J connectivity index is 2.48. The van der Waals surface area contributed by atoms with E-state index in [0.29, 0.717) is 16.9 Å². The second-order valence-electron chi connectivity index (χ2n) is 5.84. The largest absolute Gasteiger partial charge is 0.491 e. The van der Waals surface area contributed by atoms with Gasteiger partial charge in [-0.1, -0.05) is 24.4 Å². The monoisotopic (exact) mass is 340 g/mol. The van der Waals surface area contributed by atoms with Crippen molar-refractivity contribution in [1.82, 2.24) is 4.98 Å². The highest BCUT2D eigenvalue weighted by Crippen LogP contribution is 2.31. The molecule has 0 aliphatic rings. The summed E-state index contributed by atoms with van der Waals surface area (Å²) < 4.78 is 5.68. The molecule has 0 amide bonds. The lowest BCUT2D eigenvalue weighted by Gasteiger charge is -2.18. The van der Waals surface area contributed by atoms with Crippen LogP contribution < -0.4 is 10.5 Å². The molecule has 1 aromatic heterocycles. The van der Waals surface area contributed by atoms with E-state index in [4.69, 9.17) is 22.7 Å². The van der Waals surface area contributed by atoms with Gasteiger partial charge < -0.3 is 20.6 Å². The molecule has 0 saturated heterocycles. The van der Waals surface area contributed by atoms with Crippen LogP contribution in [0.5, 0.6) is 5.75 Å². The molecule has 24 heavy (non-hydrogen) atoms. The number of hydrogen-bond acceptors (Lipinski definition) is 6. The van der Waals surface area contributed by atoms with Gasteiger partial charge in [-0.05, 0) is 31.5 Å². The third kappa shape index (κ3) is 3.72. The number of rotatable bonds is 4. The van der Waals surface area contributed by atoms with Gasteiger partial charge >= 0.3 is 0 Å². The second kappa shape index (κ2) is 6.71. The number of anilines is 1. The molecular formula is C17H16N4O2S. The summed E-state index contributed by atoms with van der Waals surface area (Å²) in [4.78, 5) is 2.66. The molecular weight excluding hydrogens is 324 g/mol. The standard InChI is InChI=1S/C17H16N4O2S/c1-17(2,22)9-23-11-5-3-10(4-6-11)14-12(7-18)15(20)21-16(24)13(14)8-19/h3-6,22H,9H2,1-2H3,(H3,20,21,24). The van der Waals surface area contributed by atoms with Crippen LogP contribution in [0.4, 0.5) is 5.82 Å². The van der Waals surface area contributed by atoms with Crippen LogP contribution in [0, 0.1) is 27.3 Å². The number of pyridine rings is 1. The number of aromatic nitrogens is 1. The van der Waals surface area contributed by atoms with Gasteiger partial charge in [-0.15, -0.1) is 0 Å². The number of ether oxygens (including phenoxy) is 1. The van der Waals surface area contributed by atoms with Crippen molar-refractivity contribution >= 4 is 18.0 Å². The first-order chi connectivity index (χ1) is 11.3. The minimum Gasteiger partial charge on any atom is -0.491 e. The fraction of sp³-hybridized carbons (Fsp3) is 0.235. The first-order valence-corrected chi connectivity index (χ1v) is 7.49. The summed E-state index contributed by atoms with van der Waals surface area (Å²) in [6, 6.07) is 10.8. The molecule has 2 aromatic rings. The van der Waals surface area contributed by atoms with Gasteiger partial charge in [0.2, 0.25) is 0 Å². The smallest absolute Gasteiger partial charge is 0.123 e. The van der Waals surface area contributed by atoms with Crippen LogP contribution in [-0.2, 0) is 0 Å². The number of nitriles is 2. The van der Waals surface area contributed by atoms with Gasteiger partial charge in [0.1, 0.15) is 40.5 Å². The zero-order valence-electron chi connectivity index (χ0n) is 13.3. The van der Waals surface area contributed by atoms with E-state index in [-0.39, 0.29) is 28.2 Å². The molecule has 6 nitrogen and oxygen atoms in total. The predicted octanol–water partition coefficient (Wildman–Crippen LogP) is 2.89. The van der Waals surface area contributed by atoms with E-state index in [1.54, 1.807) is 38.1 Å². The molecule has 4 N–H and O–H groups in total. The second-order valence-corrected chi connectivity index (χ2v) is 6.25. The van der Waals surface area contributed by atoms with Crippen LogP contribution in [0.3, 0.4) is 0 Å². The predicted molar refractivity (Wildman–Crippen MR) is 92.7 cm³/mol. The Morgan fingerprint density at radius 2 is 1.79 bits per heavy atom. The molecule has 0 spiro atoms. The number of nitrogens with zero attached hydrogens (tertiary/aromatic N) is 2. The lowest BCUT2D eigenvalue weighted by Crippen LogP contribution is -2.27. The van der Waals surface area contributed by atoms with E-state index >= 15 is 0 Å². The Hall–Kier alpha value is -2.87. The van der Waals surface area contributed by atoms with Gasteiger partial charge in [0, 0.05) is 5.56 Å². The van der Waals surface area contributed by atoms with E-state index in [2.05, 4.69) is 4.98 Å². The SMILES string of the molecule is CC(C)(O)COc1ccc(-c2c(C#N)c(N)[nH]c(=S)c2C#N)cc1.